The van der Waals surface area contributed by atoms with Crippen LogP contribution < -0.4 is 0 Å². The van der Waals surface area contributed by atoms with E-state index in [0.717, 1.165) is 17.4 Å². The van der Waals surface area contributed by atoms with Gasteiger partial charge in [0.1, 0.15) is 5.58 Å². The van der Waals surface area contributed by atoms with Crippen LogP contribution in [0.5, 0.6) is 0 Å². The Balaban J connectivity index is 2.73. The lowest BCUT2D eigenvalue weighted by atomic mass is 9.81. The number of carboxylic acids is 1. The van der Waals surface area contributed by atoms with Crippen molar-refractivity contribution in [1.82, 2.24) is 0 Å². The Labute approximate surface area is 119 Å². The molecule has 1 heterocycles. The van der Waals surface area contributed by atoms with Crippen molar-refractivity contribution in [3.63, 3.8) is 0 Å². The predicted octanol–water partition coefficient (Wildman–Crippen LogP) is 4.94. The van der Waals surface area contributed by atoms with Gasteiger partial charge in [0.05, 0.1) is 0 Å². The average Bonchev–Trinajstić information content (AvgIpc) is 2.77. The van der Waals surface area contributed by atoms with Gasteiger partial charge >= 0.3 is 5.97 Å². The second-order valence-electron chi connectivity index (χ2n) is 6.25. The minimum Gasteiger partial charge on any atom is -0.475 e. The number of hydrogen-bond donors (Lipinski definition) is 1. The molecule has 2 rings (SSSR count). The molecule has 1 N–H and O–H groups in total. The second kappa shape index (κ2) is 4.97. The molecule has 0 aliphatic heterocycles. The van der Waals surface area contributed by atoms with E-state index in [1.54, 1.807) is 0 Å². The molecule has 20 heavy (non-hydrogen) atoms. The van der Waals surface area contributed by atoms with Gasteiger partial charge in [-0.15, -0.1) is 0 Å². The lowest BCUT2D eigenvalue weighted by Crippen LogP contribution is -2.15. The maximum absolute atomic E-state index is 11.3. The smallest absolute Gasteiger partial charge is 0.372 e. The summed E-state index contributed by atoms with van der Waals surface area (Å²) in [6.07, 6.45) is 1.03. The largest absolute Gasteiger partial charge is 0.475 e. The number of carbonyl (C=O) groups is 1. The first-order valence-corrected chi connectivity index (χ1v) is 7.08. The molecule has 0 saturated carbocycles. The van der Waals surface area contributed by atoms with Gasteiger partial charge in [0.15, 0.2) is 0 Å². The van der Waals surface area contributed by atoms with Crippen molar-refractivity contribution in [2.45, 2.75) is 52.4 Å². The highest BCUT2D eigenvalue weighted by Gasteiger charge is 2.24. The Hall–Kier alpha value is -1.77. The van der Waals surface area contributed by atoms with Crippen LogP contribution in [0.25, 0.3) is 11.0 Å². The molecule has 1 aromatic carbocycles. The molecule has 0 atom stereocenters. The SMILES string of the molecule is CCC(C)(C)c1ccc2oc(C(=O)O)c(C(C)C)c2c1. The first-order chi connectivity index (χ1) is 9.27. The molecule has 108 valence electrons. The van der Waals surface area contributed by atoms with Crippen LogP contribution in [0.15, 0.2) is 22.6 Å². The van der Waals surface area contributed by atoms with Crippen LogP contribution in [0.3, 0.4) is 0 Å². The summed E-state index contributed by atoms with van der Waals surface area (Å²) in [7, 11) is 0. The van der Waals surface area contributed by atoms with E-state index >= 15 is 0 Å². The highest BCUT2D eigenvalue weighted by molar-refractivity contribution is 5.95. The van der Waals surface area contributed by atoms with Crippen LogP contribution in [-0.2, 0) is 5.41 Å². The molecule has 0 aliphatic carbocycles. The third-order valence-corrected chi connectivity index (χ3v) is 4.16. The zero-order valence-corrected chi connectivity index (χ0v) is 12.8. The van der Waals surface area contributed by atoms with Crippen molar-refractivity contribution < 1.29 is 14.3 Å². The fourth-order valence-corrected chi connectivity index (χ4v) is 2.47. The Morgan fingerprint density at radius 2 is 2.00 bits per heavy atom. The van der Waals surface area contributed by atoms with E-state index in [2.05, 4.69) is 26.8 Å². The summed E-state index contributed by atoms with van der Waals surface area (Å²) >= 11 is 0. The lowest BCUT2D eigenvalue weighted by Gasteiger charge is -2.23. The van der Waals surface area contributed by atoms with Gasteiger partial charge in [0, 0.05) is 10.9 Å². The van der Waals surface area contributed by atoms with E-state index in [0.29, 0.717) is 5.58 Å². The van der Waals surface area contributed by atoms with E-state index in [-0.39, 0.29) is 17.1 Å². The van der Waals surface area contributed by atoms with Crippen molar-refractivity contribution >= 4 is 16.9 Å². The molecule has 0 amide bonds. The minimum absolute atomic E-state index is 0.0708. The summed E-state index contributed by atoms with van der Waals surface area (Å²) in [6.45, 7) is 10.5. The van der Waals surface area contributed by atoms with Gasteiger partial charge in [0.25, 0.3) is 0 Å². The molecular formula is C17H22O3. The quantitative estimate of drug-likeness (QED) is 0.858. The number of benzene rings is 1. The molecule has 1 aromatic heterocycles. The van der Waals surface area contributed by atoms with E-state index in [9.17, 15) is 9.90 Å². The Morgan fingerprint density at radius 3 is 2.50 bits per heavy atom. The van der Waals surface area contributed by atoms with E-state index in [1.165, 1.54) is 5.56 Å². The van der Waals surface area contributed by atoms with Crippen LogP contribution in [0.1, 0.15) is 68.6 Å². The average molecular weight is 274 g/mol. The van der Waals surface area contributed by atoms with Crippen molar-refractivity contribution in [2.24, 2.45) is 0 Å². The normalized spacial score (nSPS) is 12.3. The van der Waals surface area contributed by atoms with E-state index in [1.807, 2.05) is 26.0 Å². The molecule has 0 bridgehead atoms. The van der Waals surface area contributed by atoms with Crippen LogP contribution in [0, 0.1) is 0 Å². The van der Waals surface area contributed by atoms with Gasteiger partial charge < -0.3 is 9.52 Å². The van der Waals surface area contributed by atoms with Crippen LogP contribution in [0.2, 0.25) is 0 Å². The Kier molecular flexibility index (Phi) is 3.63. The Bertz CT molecular complexity index is 648. The fourth-order valence-electron chi connectivity index (χ4n) is 2.47. The van der Waals surface area contributed by atoms with Gasteiger partial charge in [-0.3, -0.25) is 0 Å². The van der Waals surface area contributed by atoms with Crippen LogP contribution >= 0.6 is 0 Å². The van der Waals surface area contributed by atoms with Gasteiger partial charge in [-0.2, -0.15) is 0 Å². The highest BCUT2D eigenvalue weighted by atomic mass is 16.4. The Morgan fingerprint density at radius 1 is 1.35 bits per heavy atom. The summed E-state index contributed by atoms with van der Waals surface area (Å²) in [5, 5.41) is 10.2. The van der Waals surface area contributed by atoms with Crippen molar-refractivity contribution in [2.75, 3.05) is 0 Å². The fraction of sp³-hybridized carbons (Fsp3) is 0.471. The number of carboxylic acid groups (broad SMARTS) is 1. The maximum Gasteiger partial charge on any atom is 0.372 e. The van der Waals surface area contributed by atoms with E-state index < -0.39 is 5.97 Å². The number of rotatable bonds is 4. The summed E-state index contributed by atoms with van der Waals surface area (Å²) in [6, 6.07) is 6.01. The maximum atomic E-state index is 11.3. The molecule has 0 saturated heterocycles. The number of aromatic carboxylic acids is 1. The first kappa shape index (κ1) is 14.6. The summed E-state index contributed by atoms with van der Waals surface area (Å²) < 4.78 is 5.52. The van der Waals surface area contributed by atoms with E-state index in [4.69, 9.17) is 4.42 Å². The summed E-state index contributed by atoms with van der Waals surface area (Å²) in [5.74, 6) is -0.815. The van der Waals surface area contributed by atoms with Gasteiger partial charge in [0.2, 0.25) is 5.76 Å². The third kappa shape index (κ3) is 2.33. The molecule has 0 unspecified atom stereocenters. The first-order valence-electron chi connectivity index (χ1n) is 7.08. The van der Waals surface area contributed by atoms with Crippen LogP contribution in [0.4, 0.5) is 0 Å². The number of hydrogen-bond acceptors (Lipinski definition) is 2. The molecule has 0 radical (unpaired) electrons. The standard InChI is InChI=1S/C17H22O3/c1-6-17(4,5)11-7-8-13-12(9-11)14(10(2)3)15(20-13)16(18)19/h7-10H,6H2,1-5H3,(H,18,19). The lowest BCUT2D eigenvalue weighted by molar-refractivity contribution is 0.0663. The van der Waals surface area contributed by atoms with Crippen molar-refractivity contribution in [3.8, 4) is 0 Å². The zero-order valence-electron chi connectivity index (χ0n) is 12.8. The van der Waals surface area contributed by atoms with Crippen molar-refractivity contribution in [1.29, 1.82) is 0 Å². The summed E-state index contributed by atoms with van der Waals surface area (Å²) in [4.78, 5) is 11.3. The predicted molar refractivity (Wildman–Crippen MR) is 80.6 cm³/mol. The second-order valence-corrected chi connectivity index (χ2v) is 6.25. The van der Waals surface area contributed by atoms with Crippen LogP contribution in [-0.4, -0.2) is 11.1 Å². The summed E-state index contributed by atoms with van der Waals surface area (Å²) in [5.41, 5.74) is 2.73. The van der Waals surface area contributed by atoms with Gasteiger partial charge in [-0.05, 0) is 35.4 Å². The molecule has 3 heteroatoms. The highest BCUT2D eigenvalue weighted by Crippen LogP contribution is 2.36. The molecule has 0 fully saturated rings. The van der Waals surface area contributed by atoms with Gasteiger partial charge in [-0.25, -0.2) is 4.79 Å². The van der Waals surface area contributed by atoms with Gasteiger partial charge in [-0.1, -0.05) is 40.7 Å². The molecule has 3 nitrogen and oxygen atoms in total. The molecule has 0 aliphatic rings. The topological polar surface area (TPSA) is 50.4 Å². The third-order valence-electron chi connectivity index (χ3n) is 4.16. The molecular weight excluding hydrogens is 252 g/mol. The minimum atomic E-state index is -0.999. The monoisotopic (exact) mass is 274 g/mol. The molecule has 0 spiro atoms. The molecule has 2 aromatic rings. The number of fused-ring (bicyclic) bond motifs is 1. The van der Waals surface area contributed by atoms with Crippen molar-refractivity contribution in [3.05, 3.63) is 35.1 Å². The number of furan rings is 1. The zero-order chi connectivity index (χ0) is 15.1.